The Labute approximate surface area is 86.3 Å². The third-order valence-corrected chi connectivity index (χ3v) is 2.20. The molecule has 0 aliphatic carbocycles. The summed E-state index contributed by atoms with van der Waals surface area (Å²) in [5.41, 5.74) is 0. The van der Waals surface area contributed by atoms with Gasteiger partial charge in [-0.05, 0) is 19.3 Å². The third kappa shape index (κ3) is 7.59. The van der Waals surface area contributed by atoms with E-state index in [2.05, 4.69) is 12.7 Å². The molecule has 80 valence electrons. The number of unbranched alkanes of at least 4 members (excludes halogenated alkanes) is 3. The Morgan fingerprint density at radius 3 is 2.71 bits per heavy atom. The zero-order valence-electron chi connectivity index (χ0n) is 8.91. The molecule has 0 spiro atoms. The molecule has 2 nitrogen and oxygen atoms in total. The number of aliphatic carboxylic acids is 1. The average molecular weight is 196 g/mol. The fraction of sp³-hybridized carbons (Fsp3) is 0.583. The predicted octanol–water partition coefficient (Wildman–Crippen LogP) is 3.40. The van der Waals surface area contributed by atoms with Crippen LogP contribution in [0.25, 0.3) is 0 Å². The molecule has 1 N–H and O–H groups in total. The molecule has 1 unspecified atom stereocenters. The van der Waals surface area contributed by atoms with Gasteiger partial charge in [-0.3, -0.25) is 4.79 Å². The molecule has 0 aliphatic heterocycles. The van der Waals surface area contributed by atoms with Gasteiger partial charge in [-0.15, -0.1) is 0 Å². The molecule has 0 radical (unpaired) electrons. The maximum atomic E-state index is 10.5. The summed E-state index contributed by atoms with van der Waals surface area (Å²) in [6, 6.07) is 0. The molecule has 14 heavy (non-hydrogen) atoms. The van der Waals surface area contributed by atoms with Gasteiger partial charge in [0.15, 0.2) is 0 Å². The van der Waals surface area contributed by atoms with E-state index in [1.165, 1.54) is 0 Å². The number of carboxylic acids is 1. The highest BCUT2D eigenvalue weighted by atomic mass is 16.4. The van der Waals surface area contributed by atoms with Crippen molar-refractivity contribution in [3.8, 4) is 0 Å². The Morgan fingerprint density at radius 1 is 1.43 bits per heavy atom. The first kappa shape index (κ1) is 12.9. The highest BCUT2D eigenvalue weighted by Gasteiger charge is 2.08. The van der Waals surface area contributed by atoms with Crippen molar-refractivity contribution in [2.24, 2.45) is 5.92 Å². The van der Waals surface area contributed by atoms with Gasteiger partial charge in [-0.1, -0.05) is 44.6 Å². The summed E-state index contributed by atoms with van der Waals surface area (Å²) in [5, 5.41) is 8.63. The first-order valence-corrected chi connectivity index (χ1v) is 5.19. The van der Waals surface area contributed by atoms with Crippen LogP contribution in [0.1, 0.15) is 39.0 Å². The molecule has 0 aromatic carbocycles. The monoisotopic (exact) mass is 196 g/mol. The van der Waals surface area contributed by atoms with Gasteiger partial charge < -0.3 is 5.11 Å². The highest BCUT2D eigenvalue weighted by Crippen LogP contribution is 2.10. The van der Waals surface area contributed by atoms with E-state index in [1.807, 2.05) is 6.08 Å². The Morgan fingerprint density at radius 2 is 2.14 bits per heavy atom. The van der Waals surface area contributed by atoms with Crippen molar-refractivity contribution in [1.82, 2.24) is 0 Å². The zero-order valence-corrected chi connectivity index (χ0v) is 8.91. The summed E-state index contributed by atoms with van der Waals surface area (Å²) in [6.45, 7) is 5.35. The standard InChI is InChI=1S/C12H20O2/c1-3-4-5-6-7-8-9-10-11(2)12(13)14/h3-5,11H,1,6-10H2,2H3,(H,13,14). The van der Waals surface area contributed by atoms with Crippen molar-refractivity contribution in [2.45, 2.75) is 39.0 Å². The molecule has 0 bridgehead atoms. The van der Waals surface area contributed by atoms with E-state index >= 15 is 0 Å². The van der Waals surface area contributed by atoms with Gasteiger partial charge in [0.25, 0.3) is 0 Å². The van der Waals surface area contributed by atoms with E-state index in [1.54, 1.807) is 13.0 Å². The Bertz CT molecular complexity index is 194. The minimum atomic E-state index is -0.684. The second-order valence-corrected chi connectivity index (χ2v) is 3.54. The lowest BCUT2D eigenvalue weighted by atomic mass is 10.0. The van der Waals surface area contributed by atoms with Crippen LogP contribution in [0.4, 0.5) is 0 Å². The van der Waals surface area contributed by atoms with Crippen molar-refractivity contribution in [1.29, 1.82) is 0 Å². The molecule has 0 aromatic heterocycles. The number of allylic oxidation sites excluding steroid dienone is 3. The molecule has 0 fully saturated rings. The van der Waals surface area contributed by atoms with E-state index in [0.29, 0.717) is 0 Å². The Kier molecular flexibility index (Phi) is 7.90. The Balaban J connectivity index is 3.25. The number of hydrogen-bond donors (Lipinski definition) is 1. The zero-order chi connectivity index (χ0) is 10.8. The summed E-state index contributed by atoms with van der Waals surface area (Å²) in [7, 11) is 0. The van der Waals surface area contributed by atoms with Crippen LogP contribution in [0.2, 0.25) is 0 Å². The minimum Gasteiger partial charge on any atom is -0.481 e. The van der Waals surface area contributed by atoms with Crippen LogP contribution in [-0.4, -0.2) is 11.1 Å². The molecule has 0 heterocycles. The number of carboxylic acid groups (broad SMARTS) is 1. The quantitative estimate of drug-likeness (QED) is 0.477. The molecule has 0 amide bonds. The van der Waals surface area contributed by atoms with Crippen LogP contribution in [-0.2, 0) is 4.79 Å². The van der Waals surface area contributed by atoms with Gasteiger partial charge >= 0.3 is 5.97 Å². The molecule has 0 saturated heterocycles. The molecule has 2 heteroatoms. The van der Waals surface area contributed by atoms with Crippen LogP contribution < -0.4 is 0 Å². The molecule has 0 rings (SSSR count). The predicted molar refractivity (Wildman–Crippen MR) is 59.2 cm³/mol. The van der Waals surface area contributed by atoms with Crippen LogP contribution in [0.5, 0.6) is 0 Å². The number of rotatable bonds is 8. The average Bonchev–Trinajstić information content (AvgIpc) is 2.16. The normalized spacial score (nSPS) is 12.9. The molecular weight excluding hydrogens is 176 g/mol. The summed E-state index contributed by atoms with van der Waals surface area (Å²) in [5.74, 6) is -0.879. The maximum Gasteiger partial charge on any atom is 0.306 e. The second kappa shape index (κ2) is 8.54. The third-order valence-electron chi connectivity index (χ3n) is 2.20. The smallest absolute Gasteiger partial charge is 0.306 e. The van der Waals surface area contributed by atoms with Crippen molar-refractivity contribution in [3.05, 3.63) is 24.8 Å². The SMILES string of the molecule is C=CC=CCCCCCC(C)C(=O)O. The van der Waals surface area contributed by atoms with Crippen molar-refractivity contribution < 1.29 is 9.90 Å². The van der Waals surface area contributed by atoms with Gasteiger partial charge in [0.05, 0.1) is 5.92 Å². The Hall–Kier alpha value is -1.05. The molecule has 1 atom stereocenters. The van der Waals surface area contributed by atoms with Gasteiger partial charge in [0.2, 0.25) is 0 Å². The van der Waals surface area contributed by atoms with Crippen LogP contribution in [0, 0.1) is 5.92 Å². The summed E-state index contributed by atoms with van der Waals surface area (Å²) in [6.07, 6.45) is 10.9. The van der Waals surface area contributed by atoms with Crippen LogP contribution in [0.15, 0.2) is 24.8 Å². The molecule has 0 aromatic rings. The van der Waals surface area contributed by atoms with Crippen LogP contribution >= 0.6 is 0 Å². The molecule has 0 saturated carbocycles. The minimum absolute atomic E-state index is 0.196. The van der Waals surface area contributed by atoms with E-state index in [0.717, 1.165) is 32.1 Å². The summed E-state index contributed by atoms with van der Waals surface area (Å²) < 4.78 is 0. The van der Waals surface area contributed by atoms with Gasteiger partial charge in [0.1, 0.15) is 0 Å². The molecular formula is C12H20O2. The van der Waals surface area contributed by atoms with Gasteiger partial charge in [-0.25, -0.2) is 0 Å². The van der Waals surface area contributed by atoms with Gasteiger partial charge in [0, 0.05) is 0 Å². The van der Waals surface area contributed by atoms with E-state index < -0.39 is 5.97 Å². The lowest BCUT2D eigenvalue weighted by Crippen LogP contribution is -2.08. The number of carbonyl (C=O) groups is 1. The van der Waals surface area contributed by atoms with Crippen molar-refractivity contribution in [2.75, 3.05) is 0 Å². The fourth-order valence-corrected chi connectivity index (χ4v) is 1.21. The molecule has 0 aliphatic rings. The first-order chi connectivity index (χ1) is 6.68. The lowest BCUT2D eigenvalue weighted by Gasteiger charge is -2.04. The van der Waals surface area contributed by atoms with Gasteiger partial charge in [-0.2, -0.15) is 0 Å². The first-order valence-electron chi connectivity index (χ1n) is 5.19. The van der Waals surface area contributed by atoms with Crippen molar-refractivity contribution >= 4 is 5.97 Å². The number of hydrogen-bond acceptors (Lipinski definition) is 1. The highest BCUT2D eigenvalue weighted by molar-refractivity contribution is 5.69. The second-order valence-electron chi connectivity index (χ2n) is 3.54. The van der Waals surface area contributed by atoms with Crippen molar-refractivity contribution in [3.63, 3.8) is 0 Å². The van der Waals surface area contributed by atoms with E-state index in [9.17, 15) is 4.79 Å². The maximum absolute atomic E-state index is 10.5. The van der Waals surface area contributed by atoms with E-state index in [-0.39, 0.29) is 5.92 Å². The summed E-state index contributed by atoms with van der Waals surface area (Å²) >= 11 is 0. The summed E-state index contributed by atoms with van der Waals surface area (Å²) in [4.78, 5) is 10.5. The largest absolute Gasteiger partial charge is 0.481 e. The van der Waals surface area contributed by atoms with Crippen LogP contribution in [0.3, 0.4) is 0 Å². The topological polar surface area (TPSA) is 37.3 Å². The van der Waals surface area contributed by atoms with E-state index in [4.69, 9.17) is 5.11 Å². The fourth-order valence-electron chi connectivity index (χ4n) is 1.21. The lowest BCUT2D eigenvalue weighted by molar-refractivity contribution is -0.141.